The van der Waals surface area contributed by atoms with Gasteiger partial charge in [0.25, 0.3) is 0 Å². The minimum absolute atomic E-state index is 0.0682. The first kappa shape index (κ1) is 16.3. The zero-order chi connectivity index (χ0) is 16.4. The van der Waals surface area contributed by atoms with Crippen molar-refractivity contribution >= 4 is 5.91 Å². The highest BCUT2D eigenvalue weighted by Crippen LogP contribution is 2.27. The summed E-state index contributed by atoms with van der Waals surface area (Å²) in [7, 11) is 2.08. The Kier molecular flexibility index (Phi) is 4.90. The van der Waals surface area contributed by atoms with Gasteiger partial charge in [0.2, 0.25) is 5.91 Å². The van der Waals surface area contributed by atoms with Crippen LogP contribution in [-0.2, 0) is 4.79 Å². The van der Waals surface area contributed by atoms with Crippen LogP contribution in [0.1, 0.15) is 36.8 Å². The van der Waals surface area contributed by atoms with E-state index in [0.717, 1.165) is 38.2 Å². The van der Waals surface area contributed by atoms with Crippen molar-refractivity contribution in [2.45, 2.75) is 51.7 Å². The van der Waals surface area contributed by atoms with Gasteiger partial charge in [0, 0.05) is 0 Å². The zero-order valence-corrected chi connectivity index (χ0v) is 14.5. The summed E-state index contributed by atoms with van der Waals surface area (Å²) in [5.74, 6) is 1.27. The van der Waals surface area contributed by atoms with Gasteiger partial charge < -0.3 is 9.64 Å². The number of likely N-dealkylation sites (N-methyl/N-ethyl adjacent to an activating group) is 1. The van der Waals surface area contributed by atoms with E-state index in [1.807, 2.05) is 4.90 Å². The standard InChI is InChI=1S/C19H28N2O2/c1-14-8-7-9-15(2)18(14)23-16-12-21(13-16)19(22)17-10-5-4-6-11-20(17)3/h7-9,16-17H,4-6,10-13H2,1-3H3. The summed E-state index contributed by atoms with van der Waals surface area (Å²) in [5.41, 5.74) is 2.33. The normalized spacial score (nSPS) is 23.3. The number of benzene rings is 1. The van der Waals surface area contributed by atoms with Crippen LogP contribution in [0.4, 0.5) is 0 Å². The van der Waals surface area contributed by atoms with Gasteiger partial charge in [0.15, 0.2) is 0 Å². The summed E-state index contributed by atoms with van der Waals surface area (Å²) in [6.45, 7) is 6.62. The van der Waals surface area contributed by atoms with Crippen LogP contribution in [0, 0.1) is 13.8 Å². The molecule has 23 heavy (non-hydrogen) atoms. The second-order valence-corrected chi connectivity index (χ2v) is 7.05. The molecule has 2 aliphatic heterocycles. The van der Waals surface area contributed by atoms with E-state index in [4.69, 9.17) is 4.74 Å². The molecule has 1 aromatic carbocycles. The highest BCUT2D eigenvalue weighted by Gasteiger charge is 2.37. The van der Waals surface area contributed by atoms with Gasteiger partial charge in [-0.25, -0.2) is 0 Å². The van der Waals surface area contributed by atoms with Gasteiger partial charge in [0.05, 0.1) is 19.1 Å². The van der Waals surface area contributed by atoms with Crippen LogP contribution < -0.4 is 4.74 Å². The minimum Gasteiger partial charge on any atom is -0.486 e. The van der Waals surface area contributed by atoms with Crippen LogP contribution in [-0.4, -0.2) is 54.5 Å². The molecule has 2 heterocycles. The van der Waals surface area contributed by atoms with Gasteiger partial charge in [-0.1, -0.05) is 31.0 Å². The number of rotatable bonds is 3. The molecular formula is C19H28N2O2. The highest BCUT2D eigenvalue weighted by atomic mass is 16.5. The molecule has 4 heteroatoms. The summed E-state index contributed by atoms with van der Waals surface area (Å²) in [4.78, 5) is 16.9. The van der Waals surface area contributed by atoms with Crippen molar-refractivity contribution in [3.8, 4) is 5.75 Å². The number of hydrogen-bond acceptors (Lipinski definition) is 3. The molecule has 2 saturated heterocycles. The molecule has 1 unspecified atom stereocenters. The molecule has 0 saturated carbocycles. The van der Waals surface area contributed by atoms with E-state index >= 15 is 0 Å². The third-order valence-electron chi connectivity index (χ3n) is 5.16. The van der Waals surface area contributed by atoms with Gasteiger partial charge in [-0.2, -0.15) is 0 Å². The minimum atomic E-state index is 0.0682. The maximum Gasteiger partial charge on any atom is 0.240 e. The third kappa shape index (κ3) is 3.52. The van der Waals surface area contributed by atoms with Crippen molar-refractivity contribution in [1.82, 2.24) is 9.80 Å². The Hall–Kier alpha value is -1.55. The maximum absolute atomic E-state index is 12.7. The van der Waals surface area contributed by atoms with E-state index in [1.54, 1.807) is 0 Å². The fraction of sp³-hybridized carbons (Fsp3) is 0.632. The lowest BCUT2D eigenvalue weighted by atomic mass is 10.0. The number of carbonyl (C=O) groups is 1. The largest absolute Gasteiger partial charge is 0.486 e. The number of amides is 1. The fourth-order valence-corrected chi connectivity index (χ4v) is 3.62. The quantitative estimate of drug-likeness (QED) is 0.859. The van der Waals surface area contributed by atoms with E-state index in [-0.39, 0.29) is 18.1 Å². The lowest BCUT2D eigenvalue weighted by Gasteiger charge is -2.42. The van der Waals surface area contributed by atoms with Crippen LogP contribution >= 0.6 is 0 Å². The van der Waals surface area contributed by atoms with Gasteiger partial charge in [-0.15, -0.1) is 0 Å². The Labute approximate surface area is 139 Å². The molecule has 2 fully saturated rings. The number of carbonyl (C=O) groups excluding carboxylic acids is 1. The smallest absolute Gasteiger partial charge is 0.240 e. The van der Waals surface area contributed by atoms with Crippen LogP contribution in [0.15, 0.2) is 18.2 Å². The first-order chi connectivity index (χ1) is 11.1. The lowest BCUT2D eigenvalue weighted by molar-refractivity contribution is -0.145. The molecule has 0 bridgehead atoms. The van der Waals surface area contributed by atoms with E-state index in [0.29, 0.717) is 0 Å². The summed E-state index contributed by atoms with van der Waals surface area (Å²) < 4.78 is 6.12. The molecule has 0 aromatic heterocycles. The van der Waals surface area contributed by atoms with Gasteiger partial charge >= 0.3 is 0 Å². The molecule has 1 atom stereocenters. The Morgan fingerprint density at radius 3 is 2.52 bits per heavy atom. The first-order valence-corrected chi connectivity index (χ1v) is 8.78. The number of aryl methyl sites for hydroxylation is 2. The number of nitrogens with zero attached hydrogens (tertiary/aromatic N) is 2. The molecule has 0 N–H and O–H groups in total. The fourth-order valence-electron chi connectivity index (χ4n) is 3.62. The van der Waals surface area contributed by atoms with Crippen molar-refractivity contribution in [3.05, 3.63) is 29.3 Å². The van der Waals surface area contributed by atoms with Gasteiger partial charge in [-0.3, -0.25) is 9.69 Å². The number of hydrogen-bond donors (Lipinski definition) is 0. The zero-order valence-electron chi connectivity index (χ0n) is 14.5. The van der Waals surface area contributed by atoms with Crippen molar-refractivity contribution in [3.63, 3.8) is 0 Å². The van der Waals surface area contributed by atoms with Gasteiger partial charge in [0.1, 0.15) is 11.9 Å². The average Bonchev–Trinajstić information content (AvgIpc) is 2.69. The van der Waals surface area contributed by atoms with Crippen molar-refractivity contribution in [1.29, 1.82) is 0 Å². The predicted molar refractivity (Wildman–Crippen MR) is 91.8 cm³/mol. The average molecular weight is 316 g/mol. The van der Waals surface area contributed by atoms with Crippen LogP contribution in [0.2, 0.25) is 0 Å². The molecule has 3 rings (SSSR count). The van der Waals surface area contributed by atoms with Crippen LogP contribution in [0.5, 0.6) is 5.75 Å². The summed E-state index contributed by atoms with van der Waals surface area (Å²) in [6.07, 6.45) is 4.74. The Morgan fingerprint density at radius 1 is 1.13 bits per heavy atom. The SMILES string of the molecule is Cc1cccc(C)c1OC1CN(C(=O)C2CCCCCN2C)C1. The second kappa shape index (κ2) is 6.91. The molecule has 0 radical (unpaired) electrons. The molecule has 0 spiro atoms. The van der Waals surface area contributed by atoms with E-state index < -0.39 is 0 Å². The Balaban J connectivity index is 1.55. The number of likely N-dealkylation sites (tertiary alicyclic amines) is 2. The van der Waals surface area contributed by atoms with Crippen molar-refractivity contribution in [2.75, 3.05) is 26.7 Å². The molecular weight excluding hydrogens is 288 g/mol. The molecule has 126 valence electrons. The third-order valence-corrected chi connectivity index (χ3v) is 5.16. The van der Waals surface area contributed by atoms with Gasteiger partial charge in [-0.05, 0) is 51.4 Å². The molecule has 4 nitrogen and oxygen atoms in total. The molecule has 0 aliphatic carbocycles. The molecule has 2 aliphatic rings. The number of ether oxygens (including phenoxy) is 1. The van der Waals surface area contributed by atoms with Crippen LogP contribution in [0.3, 0.4) is 0 Å². The molecule has 1 amide bonds. The summed E-state index contributed by atoms with van der Waals surface area (Å²) in [6, 6.07) is 6.27. The predicted octanol–water partition coefficient (Wildman–Crippen LogP) is 2.77. The van der Waals surface area contributed by atoms with Crippen molar-refractivity contribution < 1.29 is 9.53 Å². The second-order valence-electron chi connectivity index (χ2n) is 7.05. The van der Waals surface area contributed by atoms with E-state index in [2.05, 4.69) is 44.0 Å². The lowest BCUT2D eigenvalue weighted by Crippen LogP contribution is -2.60. The topological polar surface area (TPSA) is 32.8 Å². The van der Waals surface area contributed by atoms with Crippen LogP contribution in [0.25, 0.3) is 0 Å². The Bertz CT molecular complexity index is 546. The number of para-hydroxylation sites is 1. The summed E-state index contributed by atoms with van der Waals surface area (Å²) in [5, 5.41) is 0. The summed E-state index contributed by atoms with van der Waals surface area (Å²) >= 11 is 0. The molecule has 1 aromatic rings. The monoisotopic (exact) mass is 316 g/mol. The highest BCUT2D eigenvalue weighted by molar-refractivity contribution is 5.82. The Morgan fingerprint density at radius 2 is 1.83 bits per heavy atom. The van der Waals surface area contributed by atoms with E-state index in [9.17, 15) is 4.79 Å². The first-order valence-electron chi connectivity index (χ1n) is 8.78. The van der Waals surface area contributed by atoms with E-state index in [1.165, 1.54) is 24.0 Å². The van der Waals surface area contributed by atoms with Crippen molar-refractivity contribution in [2.24, 2.45) is 0 Å². The maximum atomic E-state index is 12.7.